The van der Waals surface area contributed by atoms with Crippen LogP contribution in [0.5, 0.6) is 0 Å². The van der Waals surface area contributed by atoms with E-state index in [0.29, 0.717) is 6.54 Å². The lowest BCUT2D eigenvalue weighted by molar-refractivity contribution is 0.0634. The Labute approximate surface area is 131 Å². The predicted molar refractivity (Wildman–Crippen MR) is 86.8 cm³/mol. The highest BCUT2D eigenvalue weighted by Gasteiger charge is 2.28. The number of aryl methyl sites for hydroxylation is 2. The molecule has 1 atom stereocenters. The average molecular weight is 295 g/mol. The number of pyridine rings is 1. The van der Waals surface area contributed by atoms with Crippen molar-refractivity contribution in [3.05, 3.63) is 65.0 Å². The highest BCUT2D eigenvalue weighted by Crippen LogP contribution is 2.24. The number of nitrogens with one attached hydrogen (secondary N) is 1. The molecule has 0 radical (unpaired) electrons. The first-order chi connectivity index (χ1) is 10.7. The van der Waals surface area contributed by atoms with Crippen molar-refractivity contribution in [2.24, 2.45) is 0 Å². The molecule has 4 nitrogen and oxygen atoms in total. The molecule has 3 rings (SSSR count). The Bertz CT molecular complexity index is 669. The molecule has 4 heteroatoms. The van der Waals surface area contributed by atoms with Crippen molar-refractivity contribution in [1.82, 2.24) is 15.2 Å². The lowest BCUT2D eigenvalue weighted by Crippen LogP contribution is -2.48. The fourth-order valence-electron chi connectivity index (χ4n) is 2.86. The van der Waals surface area contributed by atoms with Crippen molar-refractivity contribution in [3.8, 4) is 0 Å². The van der Waals surface area contributed by atoms with Gasteiger partial charge < -0.3 is 10.2 Å². The number of carbonyl (C=O) groups is 1. The van der Waals surface area contributed by atoms with Gasteiger partial charge in [0.15, 0.2) is 0 Å². The largest absolute Gasteiger partial charge is 0.329 e. The summed E-state index contributed by atoms with van der Waals surface area (Å²) in [5.74, 6) is 0.0958. The Balaban J connectivity index is 1.90. The zero-order chi connectivity index (χ0) is 15.5. The first-order valence-electron chi connectivity index (χ1n) is 7.65. The van der Waals surface area contributed by atoms with E-state index in [1.807, 2.05) is 48.4 Å². The molecule has 114 valence electrons. The topological polar surface area (TPSA) is 45.2 Å². The minimum absolute atomic E-state index is 0.0385. The highest BCUT2D eigenvalue weighted by molar-refractivity contribution is 5.95. The number of hydrogen-bond donors (Lipinski definition) is 1. The molecule has 1 saturated heterocycles. The van der Waals surface area contributed by atoms with Gasteiger partial charge >= 0.3 is 0 Å². The van der Waals surface area contributed by atoms with Gasteiger partial charge in [0.1, 0.15) is 0 Å². The predicted octanol–water partition coefficient (Wildman–Crippen LogP) is 2.49. The summed E-state index contributed by atoms with van der Waals surface area (Å²) in [6.07, 6.45) is 3.60. The average Bonchev–Trinajstić information content (AvgIpc) is 2.57. The number of carbonyl (C=O) groups excluding carboxylic acids is 1. The van der Waals surface area contributed by atoms with Crippen molar-refractivity contribution in [2.45, 2.75) is 19.9 Å². The van der Waals surface area contributed by atoms with Crippen LogP contribution in [0.1, 0.15) is 33.1 Å². The van der Waals surface area contributed by atoms with Gasteiger partial charge in [-0.3, -0.25) is 9.78 Å². The Hall–Kier alpha value is -2.20. The van der Waals surface area contributed by atoms with E-state index in [2.05, 4.69) is 17.2 Å². The molecule has 1 aromatic heterocycles. The van der Waals surface area contributed by atoms with E-state index in [1.165, 1.54) is 5.56 Å². The fourth-order valence-corrected chi connectivity index (χ4v) is 2.86. The molecule has 22 heavy (non-hydrogen) atoms. The lowest BCUT2D eigenvalue weighted by Gasteiger charge is -2.36. The molecular formula is C18H21N3O. The maximum Gasteiger partial charge on any atom is 0.254 e. The standard InChI is InChI=1S/C18H21N3O/c1-13-5-6-15(10-14(13)2)18(22)21-9-8-20-12-17(21)16-4-3-7-19-11-16/h3-7,10-11,17,20H,8-9,12H2,1-2H3. The van der Waals surface area contributed by atoms with Crippen LogP contribution in [-0.4, -0.2) is 35.4 Å². The Morgan fingerprint density at radius 1 is 1.27 bits per heavy atom. The lowest BCUT2D eigenvalue weighted by atomic mass is 10.0. The zero-order valence-corrected chi connectivity index (χ0v) is 13.0. The normalized spacial score (nSPS) is 18.3. The van der Waals surface area contributed by atoms with Gasteiger partial charge in [-0.05, 0) is 48.7 Å². The molecule has 0 aliphatic carbocycles. The van der Waals surface area contributed by atoms with Crippen molar-refractivity contribution in [1.29, 1.82) is 0 Å². The molecule has 2 heterocycles. The van der Waals surface area contributed by atoms with E-state index < -0.39 is 0 Å². The molecule has 1 amide bonds. The number of rotatable bonds is 2. The molecule has 1 N–H and O–H groups in total. The smallest absolute Gasteiger partial charge is 0.254 e. The summed E-state index contributed by atoms with van der Waals surface area (Å²) in [5.41, 5.74) is 4.20. The van der Waals surface area contributed by atoms with Crippen LogP contribution in [0.25, 0.3) is 0 Å². The minimum Gasteiger partial charge on any atom is -0.329 e. The van der Waals surface area contributed by atoms with Gasteiger partial charge in [0, 0.05) is 37.6 Å². The third-order valence-corrected chi connectivity index (χ3v) is 4.33. The van der Waals surface area contributed by atoms with Crippen LogP contribution in [0.2, 0.25) is 0 Å². The number of benzene rings is 1. The third-order valence-electron chi connectivity index (χ3n) is 4.33. The van der Waals surface area contributed by atoms with Crippen molar-refractivity contribution in [2.75, 3.05) is 19.6 Å². The second kappa shape index (κ2) is 6.28. The molecule has 2 aromatic rings. The molecule has 1 fully saturated rings. The zero-order valence-electron chi connectivity index (χ0n) is 13.0. The molecule has 0 saturated carbocycles. The van der Waals surface area contributed by atoms with Gasteiger partial charge in [-0.2, -0.15) is 0 Å². The number of aromatic nitrogens is 1. The summed E-state index contributed by atoms with van der Waals surface area (Å²) in [4.78, 5) is 19.1. The minimum atomic E-state index is 0.0385. The second-order valence-electron chi connectivity index (χ2n) is 5.80. The molecule has 1 aromatic carbocycles. The quantitative estimate of drug-likeness (QED) is 0.926. The van der Waals surface area contributed by atoms with Gasteiger partial charge in [-0.25, -0.2) is 0 Å². The first-order valence-corrected chi connectivity index (χ1v) is 7.65. The van der Waals surface area contributed by atoms with E-state index in [9.17, 15) is 4.79 Å². The van der Waals surface area contributed by atoms with Gasteiger partial charge in [0.25, 0.3) is 5.91 Å². The maximum atomic E-state index is 12.9. The molecule has 0 bridgehead atoms. The summed E-state index contributed by atoms with van der Waals surface area (Å²) >= 11 is 0. The van der Waals surface area contributed by atoms with Crippen molar-refractivity contribution >= 4 is 5.91 Å². The number of piperazine rings is 1. The van der Waals surface area contributed by atoms with Crippen LogP contribution < -0.4 is 5.32 Å². The molecule has 1 unspecified atom stereocenters. The van der Waals surface area contributed by atoms with Gasteiger partial charge in [-0.15, -0.1) is 0 Å². The Morgan fingerprint density at radius 3 is 2.86 bits per heavy atom. The summed E-state index contributed by atoms with van der Waals surface area (Å²) in [6.45, 7) is 6.41. The first kappa shape index (κ1) is 14.7. The van der Waals surface area contributed by atoms with Crippen molar-refractivity contribution in [3.63, 3.8) is 0 Å². The van der Waals surface area contributed by atoms with E-state index in [4.69, 9.17) is 0 Å². The summed E-state index contributed by atoms with van der Waals surface area (Å²) in [6, 6.07) is 9.92. The highest BCUT2D eigenvalue weighted by atomic mass is 16.2. The molecule has 0 spiro atoms. The van der Waals surface area contributed by atoms with Crippen LogP contribution in [-0.2, 0) is 0 Å². The SMILES string of the molecule is Cc1ccc(C(=O)N2CCNCC2c2cccnc2)cc1C. The third kappa shape index (κ3) is 2.88. The Kier molecular flexibility index (Phi) is 4.20. The van der Waals surface area contributed by atoms with Crippen LogP contribution in [0.3, 0.4) is 0 Å². The number of hydrogen-bond acceptors (Lipinski definition) is 3. The summed E-state index contributed by atoms with van der Waals surface area (Å²) in [5, 5.41) is 3.37. The Morgan fingerprint density at radius 2 is 2.14 bits per heavy atom. The van der Waals surface area contributed by atoms with Gasteiger partial charge in [0.2, 0.25) is 0 Å². The molecular weight excluding hydrogens is 274 g/mol. The summed E-state index contributed by atoms with van der Waals surface area (Å²) in [7, 11) is 0. The maximum absolute atomic E-state index is 12.9. The van der Waals surface area contributed by atoms with Gasteiger partial charge in [0.05, 0.1) is 6.04 Å². The van der Waals surface area contributed by atoms with Crippen molar-refractivity contribution < 1.29 is 4.79 Å². The molecule has 1 aliphatic rings. The second-order valence-corrected chi connectivity index (χ2v) is 5.80. The van der Waals surface area contributed by atoms with Crippen LogP contribution in [0.4, 0.5) is 0 Å². The van der Waals surface area contributed by atoms with E-state index in [0.717, 1.165) is 29.8 Å². The number of amides is 1. The number of nitrogens with zero attached hydrogens (tertiary/aromatic N) is 2. The van der Waals surface area contributed by atoms with Crippen LogP contribution >= 0.6 is 0 Å². The monoisotopic (exact) mass is 295 g/mol. The van der Waals surface area contributed by atoms with Gasteiger partial charge in [-0.1, -0.05) is 12.1 Å². The summed E-state index contributed by atoms with van der Waals surface area (Å²) < 4.78 is 0. The van der Waals surface area contributed by atoms with Crippen LogP contribution in [0.15, 0.2) is 42.7 Å². The van der Waals surface area contributed by atoms with Crippen LogP contribution in [0, 0.1) is 13.8 Å². The van der Waals surface area contributed by atoms with E-state index >= 15 is 0 Å². The molecule has 1 aliphatic heterocycles. The van der Waals surface area contributed by atoms with E-state index in [1.54, 1.807) is 6.20 Å². The fraction of sp³-hybridized carbons (Fsp3) is 0.333. The van der Waals surface area contributed by atoms with E-state index in [-0.39, 0.29) is 11.9 Å².